The molecule has 0 saturated heterocycles. The Morgan fingerprint density at radius 3 is 2.53 bits per heavy atom. The molecule has 2 aromatic carbocycles. The fraction of sp³-hybridized carbons (Fsp3) is 0. The van der Waals surface area contributed by atoms with Crippen molar-refractivity contribution in [1.82, 2.24) is 9.55 Å². The van der Waals surface area contributed by atoms with E-state index in [1.807, 2.05) is 24.3 Å². The molecule has 0 atom stereocenters. The third-order valence-corrected chi connectivity index (χ3v) is 2.97. The lowest BCUT2D eigenvalue weighted by Crippen LogP contribution is -1.96. The molecule has 0 aliphatic rings. The van der Waals surface area contributed by atoms with Gasteiger partial charge in [0.2, 0.25) is 0 Å². The molecule has 0 saturated carbocycles. The molecule has 4 heteroatoms. The maximum absolute atomic E-state index is 13.8. The highest BCUT2D eigenvalue weighted by atomic mass is 32.1. The summed E-state index contributed by atoms with van der Waals surface area (Å²) < 4.78 is 16.0. The van der Waals surface area contributed by atoms with Crippen molar-refractivity contribution in [2.24, 2.45) is 0 Å². The highest BCUT2D eigenvalue weighted by Gasteiger charge is 2.08. The number of nitrogens with zero attached hydrogens (tertiary/aromatic N) is 1. The van der Waals surface area contributed by atoms with Crippen LogP contribution in [0.5, 0.6) is 0 Å². The minimum atomic E-state index is -0.284. The van der Waals surface area contributed by atoms with Crippen molar-refractivity contribution in [3.63, 3.8) is 0 Å². The minimum absolute atomic E-state index is 0.284. The van der Waals surface area contributed by atoms with Gasteiger partial charge >= 0.3 is 0 Å². The Morgan fingerprint density at radius 2 is 1.71 bits per heavy atom. The van der Waals surface area contributed by atoms with E-state index in [4.69, 9.17) is 12.2 Å². The van der Waals surface area contributed by atoms with Crippen LogP contribution in [0.2, 0.25) is 0 Å². The van der Waals surface area contributed by atoms with Gasteiger partial charge in [-0.15, -0.1) is 0 Å². The summed E-state index contributed by atoms with van der Waals surface area (Å²) in [6.07, 6.45) is 0. The summed E-state index contributed by atoms with van der Waals surface area (Å²) in [4.78, 5) is 3.06. The Kier molecular flexibility index (Phi) is 2.30. The van der Waals surface area contributed by atoms with E-state index in [-0.39, 0.29) is 5.82 Å². The quantitative estimate of drug-likeness (QED) is 0.645. The number of rotatable bonds is 1. The van der Waals surface area contributed by atoms with Gasteiger partial charge in [0.1, 0.15) is 5.82 Å². The molecule has 0 aliphatic carbocycles. The second kappa shape index (κ2) is 3.82. The zero-order valence-corrected chi connectivity index (χ0v) is 9.67. The molecular formula is C13H9FN2S. The number of imidazole rings is 1. The van der Waals surface area contributed by atoms with E-state index >= 15 is 0 Å². The van der Waals surface area contributed by atoms with E-state index in [0.29, 0.717) is 10.5 Å². The van der Waals surface area contributed by atoms with E-state index in [9.17, 15) is 4.39 Å². The molecule has 0 fully saturated rings. The molecule has 1 N–H and O–H groups in total. The molecule has 1 aromatic heterocycles. The van der Waals surface area contributed by atoms with Crippen LogP contribution >= 0.6 is 12.2 Å². The summed E-state index contributed by atoms with van der Waals surface area (Å²) >= 11 is 5.24. The number of benzene rings is 2. The summed E-state index contributed by atoms with van der Waals surface area (Å²) in [5.74, 6) is -0.284. The SMILES string of the molecule is Fc1ccccc1-n1c(=S)[nH]c2ccccc21. The predicted octanol–water partition coefficient (Wildman–Crippen LogP) is 3.83. The van der Waals surface area contributed by atoms with Gasteiger partial charge in [0, 0.05) is 0 Å². The lowest BCUT2D eigenvalue weighted by molar-refractivity contribution is 0.619. The van der Waals surface area contributed by atoms with E-state index < -0.39 is 0 Å². The van der Waals surface area contributed by atoms with Gasteiger partial charge in [-0.25, -0.2) is 4.39 Å². The summed E-state index contributed by atoms with van der Waals surface area (Å²) in [7, 11) is 0. The van der Waals surface area contributed by atoms with Crippen molar-refractivity contribution in [3.05, 3.63) is 59.1 Å². The Labute approximate surface area is 102 Å². The highest BCUT2D eigenvalue weighted by Crippen LogP contribution is 2.21. The van der Waals surface area contributed by atoms with Crippen LogP contribution in [0.4, 0.5) is 4.39 Å². The Bertz CT molecular complexity index is 742. The lowest BCUT2D eigenvalue weighted by Gasteiger charge is -2.05. The van der Waals surface area contributed by atoms with Crippen molar-refractivity contribution in [2.75, 3.05) is 0 Å². The smallest absolute Gasteiger partial charge is 0.182 e. The molecular weight excluding hydrogens is 235 g/mol. The number of aromatic amines is 1. The van der Waals surface area contributed by atoms with Gasteiger partial charge in [-0.3, -0.25) is 4.57 Å². The molecule has 84 valence electrons. The fourth-order valence-corrected chi connectivity index (χ4v) is 2.23. The minimum Gasteiger partial charge on any atom is -0.330 e. The van der Waals surface area contributed by atoms with Crippen LogP contribution in [0.15, 0.2) is 48.5 Å². The van der Waals surface area contributed by atoms with Crippen molar-refractivity contribution < 1.29 is 4.39 Å². The first kappa shape index (κ1) is 10.2. The average molecular weight is 244 g/mol. The standard InChI is InChI=1S/C13H9FN2S/c14-9-5-1-3-7-11(9)16-12-8-4-2-6-10(12)15-13(16)17/h1-8H,(H,15,17). The Morgan fingerprint density at radius 1 is 1.00 bits per heavy atom. The first-order valence-corrected chi connectivity index (χ1v) is 5.63. The zero-order chi connectivity index (χ0) is 11.8. The second-order valence-electron chi connectivity index (χ2n) is 3.73. The Balaban J connectivity index is 2.42. The third-order valence-electron chi connectivity index (χ3n) is 2.68. The summed E-state index contributed by atoms with van der Waals surface area (Å²) in [6, 6.07) is 14.3. The number of aromatic nitrogens is 2. The normalized spacial score (nSPS) is 10.9. The van der Waals surface area contributed by atoms with Gasteiger partial charge in [0.25, 0.3) is 0 Å². The largest absolute Gasteiger partial charge is 0.330 e. The molecule has 0 bridgehead atoms. The van der Waals surface area contributed by atoms with Crippen LogP contribution in [0, 0.1) is 10.6 Å². The Hall–Kier alpha value is -1.94. The molecule has 3 aromatic rings. The topological polar surface area (TPSA) is 20.7 Å². The fourth-order valence-electron chi connectivity index (χ4n) is 1.93. The van der Waals surface area contributed by atoms with Crippen molar-refractivity contribution in [2.45, 2.75) is 0 Å². The van der Waals surface area contributed by atoms with Crippen molar-refractivity contribution >= 4 is 23.3 Å². The van der Waals surface area contributed by atoms with Gasteiger partial charge < -0.3 is 4.98 Å². The maximum atomic E-state index is 13.8. The van der Waals surface area contributed by atoms with Gasteiger partial charge in [-0.2, -0.15) is 0 Å². The van der Waals surface area contributed by atoms with E-state index in [2.05, 4.69) is 4.98 Å². The lowest BCUT2D eigenvalue weighted by atomic mass is 10.2. The maximum Gasteiger partial charge on any atom is 0.182 e. The third kappa shape index (κ3) is 1.57. The number of halogens is 1. The molecule has 0 amide bonds. The monoisotopic (exact) mass is 244 g/mol. The van der Waals surface area contributed by atoms with Crippen molar-refractivity contribution in [3.8, 4) is 5.69 Å². The van der Waals surface area contributed by atoms with Crippen LogP contribution < -0.4 is 0 Å². The molecule has 3 rings (SSSR count). The van der Waals surface area contributed by atoms with Gasteiger partial charge in [0.15, 0.2) is 4.77 Å². The molecule has 0 spiro atoms. The molecule has 0 aliphatic heterocycles. The van der Waals surface area contributed by atoms with E-state index in [0.717, 1.165) is 11.0 Å². The zero-order valence-electron chi connectivity index (χ0n) is 8.85. The first-order valence-electron chi connectivity index (χ1n) is 5.22. The number of nitrogens with one attached hydrogen (secondary N) is 1. The first-order chi connectivity index (χ1) is 8.27. The van der Waals surface area contributed by atoms with Crippen LogP contribution in [0.1, 0.15) is 0 Å². The van der Waals surface area contributed by atoms with Crippen LogP contribution in [-0.4, -0.2) is 9.55 Å². The van der Waals surface area contributed by atoms with Gasteiger partial charge in [0.05, 0.1) is 16.7 Å². The number of fused-ring (bicyclic) bond motifs is 1. The van der Waals surface area contributed by atoms with E-state index in [1.54, 1.807) is 22.8 Å². The summed E-state index contributed by atoms with van der Waals surface area (Å²) in [5.41, 5.74) is 2.25. The predicted molar refractivity (Wildman–Crippen MR) is 68.4 cm³/mol. The average Bonchev–Trinajstić information content (AvgIpc) is 2.66. The number of hydrogen-bond acceptors (Lipinski definition) is 1. The number of para-hydroxylation sites is 3. The van der Waals surface area contributed by atoms with Crippen LogP contribution in [0.3, 0.4) is 0 Å². The van der Waals surface area contributed by atoms with Gasteiger partial charge in [-0.05, 0) is 36.5 Å². The molecule has 1 heterocycles. The number of hydrogen-bond donors (Lipinski definition) is 1. The molecule has 17 heavy (non-hydrogen) atoms. The van der Waals surface area contributed by atoms with Crippen LogP contribution in [-0.2, 0) is 0 Å². The van der Waals surface area contributed by atoms with Crippen molar-refractivity contribution in [1.29, 1.82) is 0 Å². The molecule has 0 unspecified atom stereocenters. The second-order valence-corrected chi connectivity index (χ2v) is 4.12. The molecule has 0 radical (unpaired) electrons. The van der Waals surface area contributed by atoms with Crippen LogP contribution in [0.25, 0.3) is 16.7 Å². The summed E-state index contributed by atoms with van der Waals surface area (Å²) in [5, 5.41) is 0. The molecule has 2 nitrogen and oxygen atoms in total. The highest BCUT2D eigenvalue weighted by molar-refractivity contribution is 7.71. The number of H-pyrrole nitrogens is 1. The summed E-state index contributed by atoms with van der Waals surface area (Å²) in [6.45, 7) is 0. The van der Waals surface area contributed by atoms with E-state index in [1.165, 1.54) is 6.07 Å². The van der Waals surface area contributed by atoms with Gasteiger partial charge in [-0.1, -0.05) is 24.3 Å².